The maximum atomic E-state index is 13.1. The Morgan fingerprint density at radius 3 is 2.17 bits per heavy atom. The van der Waals surface area contributed by atoms with Crippen molar-refractivity contribution in [3.05, 3.63) is 0 Å². The minimum absolute atomic E-state index is 0.116. The number of carbonyl (C=O) groups excluding carboxylic acids is 3. The fraction of sp³-hybridized carbons (Fsp3) is 0.714. The van der Waals surface area contributed by atoms with Gasteiger partial charge in [-0.05, 0) is 57.1 Å². The number of carbonyl (C=O) groups is 5. The lowest BCUT2D eigenvalue weighted by molar-refractivity contribution is -0.143. The zero-order chi connectivity index (χ0) is 27.1. The summed E-state index contributed by atoms with van der Waals surface area (Å²) < 4.78 is 0. The van der Waals surface area contributed by atoms with Crippen LogP contribution in [-0.4, -0.2) is 95.1 Å². The van der Waals surface area contributed by atoms with Gasteiger partial charge in [-0.25, -0.2) is 4.79 Å². The number of aliphatic carboxylic acids is 2. The predicted octanol–water partition coefficient (Wildman–Crippen LogP) is -2.05. The first kappa shape index (κ1) is 31.0. The van der Waals surface area contributed by atoms with E-state index in [1.807, 2.05) is 0 Å². The van der Waals surface area contributed by atoms with Gasteiger partial charge in [0.05, 0.1) is 6.04 Å². The van der Waals surface area contributed by atoms with Crippen molar-refractivity contribution < 1.29 is 34.2 Å². The second kappa shape index (κ2) is 16.6. The number of amides is 3. The fourth-order valence-electron chi connectivity index (χ4n) is 3.53. The molecule has 4 unspecified atom stereocenters. The van der Waals surface area contributed by atoms with Crippen molar-refractivity contribution >= 4 is 47.4 Å². The molecule has 15 heteroatoms. The van der Waals surface area contributed by atoms with Gasteiger partial charge in [0.2, 0.25) is 17.7 Å². The highest BCUT2D eigenvalue weighted by atomic mass is 32.2. The van der Waals surface area contributed by atoms with Crippen LogP contribution in [0.15, 0.2) is 4.99 Å². The third-order valence-corrected chi connectivity index (χ3v) is 6.10. The number of aliphatic imine (C=N–C) groups is 1. The standard InChI is InChI=1S/C21H37N7O7S/c1-36-11-8-15(20(34)35)28-19(33)14(6-7-16(29)30)27-18(32)13(5-3-10-25-21(22)23)26-17(31)12-4-2-9-24-12/h12-15,24H,2-11H2,1H3,(H,26,31)(H,27,32)(H,28,33)(H,29,30)(H,34,35)(H4,22,23,25). The Morgan fingerprint density at radius 1 is 1.00 bits per heavy atom. The van der Waals surface area contributed by atoms with E-state index >= 15 is 0 Å². The number of nitrogens with one attached hydrogen (secondary N) is 4. The number of guanidine groups is 1. The molecule has 4 atom stereocenters. The first-order valence-electron chi connectivity index (χ1n) is 11.7. The zero-order valence-corrected chi connectivity index (χ0v) is 21.1. The van der Waals surface area contributed by atoms with Crippen LogP contribution in [0.4, 0.5) is 0 Å². The normalized spacial score (nSPS) is 17.3. The Bertz CT molecular complexity index is 801. The summed E-state index contributed by atoms with van der Waals surface area (Å²) in [7, 11) is 0. The van der Waals surface area contributed by atoms with Gasteiger partial charge < -0.3 is 42.9 Å². The van der Waals surface area contributed by atoms with Gasteiger partial charge in [0.1, 0.15) is 18.1 Å². The monoisotopic (exact) mass is 531 g/mol. The quantitative estimate of drug-likeness (QED) is 0.0577. The van der Waals surface area contributed by atoms with Crippen LogP contribution in [0, 0.1) is 0 Å². The first-order valence-corrected chi connectivity index (χ1v) is 13.1. The summed E-state index contributed by atoms with van der Waals surface area (Å²) >= 11 is 1.41. The van der Waals surface area contributed by atoms with Crippen LogP contribution in [0.25, 0.3) is 0 Å². The summed E-state index contributed by atoms with van der Waals surface area (Å²) in [5.41, 5.74) is 10.6. The van der Waals surface area contributed by atoms with Crippen molar-refractivity contribution in [3.63, 3.8) is 0 Å². The van der Waals surface area contributed by atoms with Gasteiger partial charge in [-0.2, -0.15) is 11.8 Å². The molecule has 1 rings (SSSR count). The number of thioether (sulfide) groups is 1. The Hall–Kier alpha value is -3.07. The molecule has 1 aliphatic rings. The number of rotatable bonds is 17. The average Bonchev–Trinajstić information content (AvgIpc) is 3.35. The lowest BCUT2D eigenvalue weighted by Crippen LogP contribution is -2.57. The third kappa shape index (κ3) is 12.1. The molecule has 1 heterocycles. The topological polar surface area (TPSA) is 238 Å². The van der Waals surface area contributed by atoms with E-state index in [1.165, 1.54) is 11.8 Å². The summed E-state index contributed by atoms with van der Waals surface area (Å²) in [5, 5.41) is 29.0. The molecule has 3 amide bonds. The summed E-state index contributed by atoms with van der Waals surface area (Å²) in [6.45, 7) is 0.889. The molecule has 0 aliphatic carbocycles. The van der Waals surface area contributed by atoms with Crippen LogP contribution in [0.5, 0.6) is 0 Å². The lowest BCUT2D eigenvalue weighted by Gasteiger charge is -2.25. The van der Waals surface area contributed by atoms with Crippen LogP contribution in [0.1, 0.15) is 44.9 Å². The Morgan fingerprint density at radius 2 is 1.64 bits per heavy atom. The fourth-order valence-corrected chi connectivity index (χ4v) is 4.00. The molecule has 0 saturated carbocycles. The summed E-state index contributed by atoms with van der Waals surface area (Å²) in [6, 6.07) is -4.00. The molecule has 10 N–H and O–H groups in total. The number of carboxylic acid groups (broad SMARTS) is 2. The second-order valence-electron chi connectivity index (χ2n) is 8.33. The van der Waals surface area contributed by atoms with Gasteiger partial charge in [-0.3, -0.25) is 24.2 Å². The molecule has 1 saturated heterocycles. The summed E-state index contributed by atoms with van der Waals surface area (Å²) in [5.74, 6) is -3.96. The van der Waals surface area contributed by atoms with Crippen molar-refractivity contribution in [2.75, 3.05) is 25.1 Å². The molecule has 0 aromatic rings. The maximum Gasteiger partial charge on any atom is 0.326 e. The minimum atomic E-state index is -1.31. The molecule has 0 spiro atoms. The zero-order valence-electron chi connectivity index (χ0n) is 20.3. The smallest absolute Gasteiger partial charge is 0.326 e. The molecule has 14 nitrogen and oxygen atoms in total. The van der Waals surface area contributed by atoms with Gasteiger partial charge in [0.25, 0.3) is 0 Å². The van der Waals surface area contributed by atoms with Crippen molar-refractivity contribution in [2.45, 2.75) is 69.1 Å². The molecule has 1 fully saturated rings. The minimum Gasteiger partial charge on any atom is -0.481 e. The molecule has 0 radical (unpaired) electrons. The van der Waals surface area contributed by atoms with E-state index in [2.05, 4.69) is 26.3 Å². The Labute approximate surface area is 213 Å². The molecular formula is C21H37N7O7S. The predicted molar refractivity (Wildman–Crippen MR) is 134 cm³/mol. The summed E-state index contributed by atoms with van der Waals surface area (Å²) in [6.07, 6.45) is 3.17. The van der Waals surface area contributed by atoms with Crippen LogP contribution in [0.3, 0.4) is 0 Å². The van der Waals surface area contributed by atoms with E-state index in [4.69, 9.17) is 16.6 Å². The summed E-state index contributed by atoms with van der Waals surface area (Å²) in [4.78, 5) is 65.0. The SMILES string of the molecule is CSCCC(NC(=O)C(CCC(=O)O)NC(=O)C(CCCN=C(N)N)NC(=O)C1CCCN1)C(=O)O. The van der Waals surface area contributed by atoms with Crippen molar-refractivity contribution in [3.8, 4) is 0 Å². The van der Waals surface area contributed by atoms with E-state index < -0.39 is 54.3 Å². The van der Waals surface area contributed by atoms with Crippen LogP contribution < -0.4 is 32.7 Å². The number of carboxylic acids is 2. The third-order valence-electron chi connectivity index (χ3n) is 5.46. The van der Waals surface area contributed by atoms with E-state index in [-0.39, 0.29) is 37.7 Å². The largest absolute Gasteiger partial charge is 0.481 e. The lowest BCUT2D eigenvalue weighted by atomic mass is 10.1. The number of nitrogens with zero attached hydrogens (tertiary/aromatic N) is 1. The van der Waals surface area contributed by atoms with Gasteiger partial charge in [0, 0.05) is 13.0 Å². The molecule has 0 aromatic heterocycles. The van der Waals surface area contributed by atoms with Gasteiger partial charge >= 0.3 is 11.9 Å². The molecule has 36 heavy (non-hydrogen) atoms. The van der Waals surface area contributed by atoms with Crippen molar-refractivity contribution in [1.29, 1.82) is 0 Å². The average molecular weight is 532 g/mol. The van der Waals surface area contributed by atoms with Gasteiger partial charge in [-0.1, -0.05) is 0 Å². The van der Waals surface area contributed by atoms with Crippen LogP contribution in [0.2, 0.25) is 0 Å². The molecule has 204 valence electrons. The Balaban J connectivity index is 2.96. The highest BCUT2D eigenvalue weighted by Crippen LogP contribution is 2.09. The number of hydrogen-bond donors (Lipinski definition) is 8. The van der Waals surface area contributed by atoms with Gasteiger partial charge in [0.15, 0.2) is 5.96 Å². The van der Waals surface area contributed by atoms with E-state index in [0.29, 0.717) is 25.1 Å². The highest BCUT2D eigenvalue weighted by Gasteiger charge is 2.31. The first-order chi connectivity index (χ1) is 17.0. The van der Waals surface area contributed by atoms with Crippen LogP contribution in [-0.2, 0) is 24.0 Å². The highest BCUT2D eigenvalue weighted by molar-refractivity contribution is 7.98. The molecule has 0 aromatic carbocycles. The number of nitrogens with two attached hydrogens (primary N) is 2. The van der Waals surface area contributed by atoms with E-state index in [0.717, 1.165) is 6.42 Å². The molecular weight excluding hydrogens is 494 g/mol. The second-order valence-corrected chi connectivity index (χ2v) is 9.32. The maximum absolute atomic E-state index is 13.1. The van der Waals surface area contributed by atoms with E-state index in [9.17, 15) is 29.1 Å². The van der Waals surface area contributed by atoms with Gasteiger partial charge in [-0.15, -0.1) is 0 Å². The van der Waals surface area contributed by atoms with Crippen molar-refractivity contribution in [1.82, 2.24) is 21.3 Å². The van der Waals surface area contributed by atoms with Crippen molar-refractivity contribution in [2.24, 2.45) is 16.5 Å². The van der Waals surface area contributed by atoms with Crippen LogP contribution >= 0.6 is 11.8 Å². The molecule has 1 aliphatic heterocycles. The van der Waals surface area contributed by atoms with E-state index in [1.54, 1.807) is 6.26 Å². The Kier molecular flexibility index (Phi) is 14.3. The molecule has 0 bridgehead atoms. The number of hydrogen-bond acceptors (Lipinski definition) is 8.